The Bertz CT molecular complexity index is 501. The Balaban J connectivity index is 1.69. The molecular weight excluding hydrogens is 240 g/mol. The highest BCUT2D eigenvalue weighted by atomic mass is 16.4. The molecule has 1 N–H and O–H groups in total. The molecule has 4 aliphatic carbocycles. The summed E-state index contributed by atoms with van der Waals surface area (Å²) in [6, 6.07) is 1.70. The maximum Gasteiger partial charge on any atom is 0.354 e. The van der Waals surface area contributed by atoms with Crippen LogP contribution in [0, 0.1) is 23.7 Å². The molecule has 4 fully saturated rings. The zero-order valence-electron chi connectivity index (χ0n) is 10.8. The van der Waals surface area contributed by atoms with Crippen LogP contribution in [0.2, 0.25) is 0 Å². The molecule has 0 radical (unpaired) electrons. The molecule has 1 heterocycles. The van der Waals surface area contributed by atoms with Gasteiger partial charge in [-0.3, -0.25) is 0 Å². The molecule has 4 heteroatoms. The molecule has 0 atom stereocenters. The van der Waals surface area contributed by atoms with Gasteiger partial charge in [0.05, 0.1) is 0 Å². The number of rotatable bonds is 2. The lowest BCUT2D eigenvalue weighted by Gasteiger charge is -2.54. The summed E-state index contributed by atoms with van der Waals surface area (Å²) in [5.74, 6) is 2.85. The fraction of sp³-hybridized carbons (Fsp3) is 0.667. The zero-order chi connectivity index (χ0) is 13.0. The first kappa shape index (κ1) is 11.4. The summed E-state index contributed by atoms with van der Waals surface area (Å²) in [5.41, 5.74) is 1.11. The van der Waals surface area contributed by atoms with Gasteiger partial charge in [-0.15, -0.1) is 0 Å². The summed E-state index contributed by atoms with van der Waals surface area (Å²) in [7, 11) is 0. The van der Waals surface area contributed by atoms with Crippen molar-refractivity contribution in [2.75, 3.05) is 0 Å². The van der Waals surface area contributed by atoms with Crippen LogP contribution in [0.3, 0.4) is 0 Å². The molecule has 0 amide bonds. The van der Waals surface area contributed by atoms with Gasteiger partial charge in [0.2, 0.25) is 0 Å². The minimum absolute atomic E-state index is 0.138. The van der Waals surface area contributed by atoms with Gasteiger partial charge in [-0.1, -0.05) is 0 Å². The van der Waals surface area contributed by atoms with Gasteiger partial charge in [0.25, 0.3) is 0 Å². The molecule has 19 heavy (non-hydrogen) atoms. The Kier molecular flexibility index (Phi) is 2.41. The third kappa shape index (κ3) is 1.77. The van der Waals surface area contributed by atoms with Crippen LogP contribution in [0.15, 0.2) is 12.4 Å². The summed E-state index contributed by atoms with van der Waals surface area (Å²) >= 11 is 0. The normalized spacial score (nSPS) is 39.5. The first-order chi connectivity index (χ1) is 9.20. The molecule has 4 bridgehead atoms. The molecule has 1 aromatic heterocycles. The Hall–Kier alpha value is -1.45. The number of hydrogen-bond donors (Lipinski definition) is 1. The van der Waals surface area contributed by atoms with Gasteiger partial charge in [-0.2, -0.15) is 0 Å². The van der Waals surface area contributed by atoms with Crippen molar-refractivity contribution in [2.24, 2.45) is 23.7 Å². The molecule has 4 nitrogen and oxygen atoms in total. The lowest BCUT2D eigenvalue weighted by molar-refractivity contribution is -0.00425. The highest BCUT2D eigenvalue weighted by Crippen LogP contribution is 2.59. The summed E-state index contributed by atoms with van der Waals surface area (Å²) in [5, 5.41) is 9.07. The lowest BCUT2D eigenvalue weighted by Crippen LogP contribution is -2.44. The molecule has 0 spiro atoms. The third-order valence-corrected chi connectivity index (χ3v) is 5.48. The summed E-state index contributed by atoms with van der Waals surface area (Å²) in [6.45, 7) is 0. The average molecular weight is 258 g/mol. The van der Waals surface area contributed by atoms with Crippen LogP contribution in [0.5, 0.6) is 0 Å². The van der Waals surface area contributed by atoms with Crippen LogP contribution in [-0.4, -0.2) is 21.0 Å². The highest BCUT2D eigenvalue weighted by molar-refractivity contribution is 5.85. The van der Waals surface area contributed by atoms with E-state index in [2.05, 4.69) is 9.97 Å². The van der Waals surface area contributed by atoms with Crippen molar-refractivity contribution in [3.05, 3.63) is 23.8 Å². The zero-order valence-corrected chi connectivity index (χ0v) is 10.8. The van der Waals surface area contributed by atoms with E-state index in [4.69, 9.17) is 5.11 Å². The molecule has 4 aliphatic rings. The number of nitrogens with zero attached hydrogens (tertiary/aromatic N) is 2. The Labute approximate surface area is 112 Å². The van der Waals surface area contributed by atoms with E-state index < -0.39 is 5.97 Å². The van der Waals surface area contributed by atoms with Crippen molar-refractivity contribution in [1.82, 2.24) is 9.97 Å². The number of aromatic nitrogens is 2. The smallest absolute Gasteiger partial charge is 0.354 e. The predicted octanol–water partition coefficient (Wildman–Crippen LogP) is 2.71. The molecule has 0 aromatic carbocycles. The average Bonchev–Trinajstić information content (AvgIpc) is 2.37. The summed E-state index contributed by atoms with van der Waals surface area (Å²) in [4.78, 5) is 19.3. The van der Waals surface area contributed by atoms with Gasteiger partial charge in [0, 0.05) is 11.6 Å². The predicted molar refractivity (Wildman–Crippen MR) is 68.8 cm³/mol. The third-order valence-electron chi connectivity index (χ3n) is 5.48. The Morgan fingerprint density at radius 3 is 2.26 bits per heavy atom. The van der Waals surface area contributed by atoms with Gasteiger partial charge in [0.1, 0.15) is 6.33 Å². The fourth-order valence-corrected chi connectivity index (χ4v) is 5.08. The van der Waals surface area contributed by atoms with Crippen molar-refractivity contribution in [3.8, 4) is 0 Å². The number of hydrogen-bond acceptors (Lipinski definition) is 3. The maximum absolute atomic E-state index is 11.1. The van der Waals surface area contributed by atoms with E-state index in [9.17, 15) is 4.79 Å². The number of aromatic carboxylic acids is 1. The van der Waals surface area contributed by atoms with E-state index in [-0.39, 0.29) is 5.69 Å². The van der Waals surface area contributed by atoms with Gasteiger partial charge < -0.3 is 5.11 Å². The van der Waals surface area contributed by atoms with Crippen LogP contribution in [0.1, 0.15) is 54.2 Å². The van der Waals surface area contributed by atoms with Crippen molar-refractivity contribution >= 4 is 5.97 Å². The Morgan fingerprint density at radius 2 is 1.68 bits per heavy atom. The minimum Gasteiger partial charge on any atom is -0.477 e. The molecular formula is C15H18N2O2. The molecule has 4 saturated carbocycles. The van der Waals surface area contributed by atoms with Crippen LogP contribution in [0.4, 0.5) is 0 Å². The van der Waals surface area contributed by atoms with Crippen molar-refractivity contribution in [2.45, 2.75) is 38.0 Å². The van der Waals surface area contributed by atoms with E-state index in [0.29, 0.717) is 5.92 Å². The first-order valence-electron chi connectivity index (χ1n) is 7.26. The lowest BCUT2D eigenvalue weighted by atomic mass is 9.51. The molecule has 0 unspecified atom stereocenters. The van der Waals surface area contributed by atoms with Crippen LogP contribution >= 0.6 is 0 Å². The van der Waals surface area contributed by atoms with E-state index in [1.165, 1.54) is 38.4 Å². The number of carboxylic acids is 1. The summed E-state index contributed by atoms with van der Waals surface area (Å²) in [6.07, 6.45) is 8.15. The standard InChI is InChI=1S/C15H18N2O2/c18-15(19)13-6-12(16-7-17-13)14-10-2-8-1-9(4-10)5-11(14)3-8/h6-11,14H,1-5H2,(H,18,19). The van der Waals surface area contributed by atoms with Crippen LogP contribution in [0.25, 0.3) is 0 Å². The quantitative estimate of drug-likeness (QED) is 0.886. The minimum atomic E-state index is -0.951. The fourth-order valence-electron chi connectivity index (χ4n) is 5.08. The van der Waals surface area contributed by atoms with Crippen molar-refractivity contribution < 1.29 is 9.90 Å². The molecule has 1 aromatic rings. The van der Waals surface area contributed by atoms with E-state index >= 15 is 0 Å². The molecule has 5 rings (SSSR count). The van der Waals surface area contributed by atoms with Crippen LogP contribution in [-0.2, 0) is 0 Å². The van der Waals surface area contributed by atoms with Crippen LogP contribution < -0.4 is 0 Å². The Morgan fingerprint density at radius 1 is 1.05 bits per heavy atom. The second-order valence-corrected chi connectivity index (χ2v) is 6.59. The molecule has 100 valence electrons. The molecule has 0 aliphatic heterocycles. The number of carbonyl (C=O) groups is 1. The summed E-state index contributed by atoms with van der Waals surface area (Å²) < 4.78 is 0. The van der Waals surface area contributed by atoms with Gasteiger partial charge >= 0.3 is 5.97 Å². The van der Waals surface area contributed by atoms with E-state index in [0.717, 1.165) is 29.4 Å². The first-order valence-corrected chi connectivity index (χ1v) is 7.26. The monoisotopic (exact) mass is 258 g/mol. The SMILES string of the molecule is O=C(O)c1cc(C2C3CC4CC(C3)CC2C4)ncn1. The number of carboxylic acid groups (broad SMARTS) is 1. The van der Waals surface area contributed by atoms with Crippen molar-refractivity contribution in [1.29, 1.82) is 0 Å². The molecule has 0 saturated heterocycles. The van der Waals surface area contributed by atoms with Gasteiger partial charge in [0.15, 0.2) is 5.69 Å². The second kappa shape index (κ2) is 4.02. The van der Waals surface area contributed by atoms with Crippen molar-refractivity contribution in [3.63, 3.8) is 0 Å². The topological polar surface area (TPSA) is 63.1 Å². The maximum atomic E-state index is 11.1. The largest absolute Gasteiger partial charge is 0.477 e. The van der Waals surface area contributed by atoms with Gasteiger partial charge in [-0.05, 0) is 61.8 Å². The van der Waals surface area contributed by atoms with E-state index in [1.54, 1.807) is 6.07 Å². The van der Waals surface area contributed by atoms with Gasteiger partial charge in [-0.25, -0.2) is 14.8 Å². The highest BCUT2D eigenvalue weighted by Gasteiger charge is 2.49. The van der Waals surface area contributed by atoms with E-state index in [1.807, 2.05) is 0 Å². The second-order valence-electron chi connectivity index (χ2n) is 6.59.